The molecule has 1 rings (SSSR count). The summed E-state index contributed by atoms with van der Waals surface area (Å²) in [4.78, 5) is 11.5. The Morgan fingerprint density at radius 1 is 1.46 bits per heavy atom. The molecule has 0 heterocycles. The Labute approximate surface area is 78.8 Å². The number of benzene rings is 1. The van der Waals surface area contributed by atoms with Crippen molar-refractivity contribution in [3.05, 3.63) is 34.9 Å². The molecule has 13 heavy (non-hydrogen) atoms. The van der Waals surface area contributed by atoms with Crippen LogP contribution in [0.2, 0.25) is 0 Å². The number of rotatable bonds is 2. The third-order valence-corrected chi connectivity index (χ3v) is 1.96. The maximum absolute atomic E-state index is 11.5. The quantitative estimate of drug-likeness (QED) is 0.495. The van der Waals surface area contributed by atoms with Crippen LogP contribution < -0.4 is 0 Å². The van der Waals surface area contributed by atoms with E-state index in [1.165, 1.54) is 0 Å². The summed E-state index contributed by atoms with van der Waals surface area (Å²) in [5.41, 5.74) is 2.83. The Kier molecular flexibility index (Phi) is 2.87. The van der Waals surface area contributed by atoms with Gasteiger partial charge in [0.05, 0.1) is 6.42 Å². The van der Waals surface area contributed by atoms with E-state index in [0.29, 0.717) is 0 Å². The lowest BCUT2D eigenvalue weighted by Crippen LogP contribution is -2.00. The first-order valence-corrected chi connectivity index (χ1v) is 4.19. The maximum Gasteiger partial charge on any atom is 0.174 e. The Morgan fingerprint density at radius 2 is 2.15 bits per heavy atom. The number of carbonyl (C=O) groups is 1. The van der Waals surface area contributed by atoms with Crippen molar-refractivity contribution in [2.45, 2.75) is 20.3 Å². The van der Waals surface area contributed by atoms with Crippen molar-refractivity contribution in [2.75, 3.05) is 0 Å². The first-order chi connectivity index (χ1) is 6.15. The van der Waals surface area contributed by atoms with Crippen molar-refractivity contribution in [1.29, 1.82) is 0 Å². The molecule has 0 aliphatic rings. The first-order valence-electron chi connectivity index (χ1n) is 4.19. The topological polar surface area (TPSA) is 17.1 Å². The smallest absolute Gasteiger partial charge is 0.174 e. The highest BCUT2D eigenvalue weighted by atomic mass is 16.1. The van der Waals surface area contributed by atoms with E-state index >= 15 is 0 Å². The number of hydrogen-bond acceptors (Lipinski definition) is 1. The summed E-state index contributed by atoms with van der Waals surface area (Å²) in [6, 6.07) is 5.82. The Bertz CT molecular complexity index is 369. The molecule has 0 saturated carbocycles. The fraction of sp³-hybridized carbons (Fsp3) is 0.250. The number of carbonyl (C=O) groups excluding carboxylic acids is 1. The molecule has 0 unspecified atom stereocenters. The molecule has 66 valence electrons. The molecular weight excluding hydrogens is 160 g/mol. The van der Waals surface area contributed by atoms with E-state index < -0.39 is 0 Å². The molecule has 0 fully saturated rings. The second-order valence-corrected chi connectivity index (χ2v) is 3.12. The normalized spacial score (nSPS) is 9.31. The van der Waals surface area contributed by atoms with Crippen LogP contribution in [0.5, 0.6) is 0 Å². The van der Waals surface area contributed by atoms with E-state index in [1.807, 2.05) is 32.0 Å². The molecular formula is C12H12O. The van der Waals surface area contributed by atoms with Gasteiger partial charge in [-0.3, -0.25) is 4.79 Å². The fourth-order valence-electron chi connectivity index (χ4n) is 1.22. The number of aryl methyl sites for hydroxylation is 2. The van der Waals surface area contributed by atoms with E-state index in [4.69, 9.17) is 6.42 Å². The zero-order chi connectivity index (χ0) is 9.84. The monoisotopic (exact) mass is 172 g/mol. The minimum absolute atomic E-state index is 0.0312. The molecule has 0 N–H and O–H groups in total. The molecule has 0 bridgehead atoms. The maximum atomic E-state index is 11.5. The molecule has 1 aromatic rings. The van der Waals surface area contributed by atoms with Crippen LogP contribution in [-0.2, 0) is 0 Å². The van der Waals surface area contributed by atoms with Gasteiger partial charge in [-0.15, -0.1) is 6.42 Å². The van der Waals surface area contributed by atoms with Crippen LogP contribution in [-0.4, -0.2) is 5.78 Å². The zero-order valence-electron chi connectivity index (χ0n) is 7.92. The van der Waals surface area contributed by atoms with Gasteiger partial charge in [-0.2, -0.15) is 0 Å². The summed E-state index contributed by atoms with van der Waals surface area (Å²) in [7, 11) is 0. The highest BCUT2D eigenvalue weighted by Gasteiger charge is 2.06. The Hall–Kier alpha value is -1.55. The lowest BCUT2D eigenvalue weighted by molar-refractivity contribution is 0.0997. The highest BCUT2D eigenvalue weighted by molar-refractivity contribution is 5.98. The van der Waals surface area contributed by atoms with Gasteiger partial charge in [0.1, 0.15) is 0 Å². The third-order valence-electron chi connectivity index (χ3n) is 1.96. The van der Waals surface area contributed by atoms with Crippen molar-refractivity contribution in [3.63, 3.8) is 0 Å². The van der Waals surface area contributed by atoms with Crippen molar-refractivity contribution in [3.8, 4) is 12.3 Å². The van der Waals surface area contributed by atoms with Gasteiger partial charge >= 0.3 is 0 Å². The van der Waals surface area contributed by atoms with E-state index in [0.717, 1.165) is 16.7 Å². The average Bonchev–Trinajstić information content (AvgIpc) is 2.09. The summed E-state index contributed by atoms with van der Waals surface area (Å²) in [6.07, 6.45) is 5.27. The van der Waals surface area contributed by atoms with Gasteiger partial charge in [-0.1, -0.05) is 23.6 Å². The molecule has 0 saturated heterocycles. The van der Waals surface area contributed by atoms with Gasteiger partial charge in [-0.25, -0.2) is 0 Å². The van der Waals surface area contributed by atoms with Crippen LogP contribution >= 0.6 is 0 Å². The lowest BCUT2D eigenvalue weighted by atomic mass is 10.0. The Balaban J connectivity index is 3.07. The van der Waals surface area contributed by atoms with Crippen molar-refractivity contribution >= 4 is 5.78 Å². The minimum Gasteiger partial charge on any atom is -0.293 e. The summed E-state index contributed by atoms with van der Waals surface area (Å²) < 4.78 is 0. The molecule has 1 heteroatoms. The van der Waals surface area contributed by atoms with Crippen LogP contribution in [0.15, 0.2) is 18.2 Å². The SMILES string of the molecule is C#CCC(=O)c1cc(C)ccc1C. The molecule has 1 aromatic carbocycles. The third kappa shape index (κ3) is 2.19. The molecule has 0 spiro atoms. The summed E-state index contributed by atoms with van der Waals surface area (Å²) in [5.74, 6) is 2.39. The predicted octanol–water partition coefficient (Wildman–Crippen LogP) is 2.51. The van der Waals surface area contributed by atoms with Gasteiger partial charge in [0.25, 0.3) is 0 Å². The number of Topliss-reactive ketones (excluding diaryl/α,β-unsaturated/α-hetero) is 1. The lowest BCUT2D eigenvalue weighted by Gasteiger charge is -2.03. The molecule has 0 atom stereocenters. The summed E-state index contributed by atoms with van der Waals surface area (Å²) >= 11 is 0. The Morgan fingerprint density at radius 3 is 2.77 bits per heavy atom. The van der Waals surface area contributed by atoms with Gasteiger partial charge < -0.3 is 0 Å². The first kappa shape index (κ1) is 9.54. The van der Waals surface area contributed by atoms with Crippen LogP contribution in [0.25, 0.3) is 0 Å². The van der Waals surface area contributed by atoms with Crippen LogP contribution in [0.1, 0.15) is 27.9 Å². The molecule has 0 radical (unpaired) electrons. The highest BCUT2D eigenvalue weighted by Crippen LogP contribution is 2.12. The summed E-state index contributed by atoms with van der Waals surface area (Å²) in [6.45, 7) is 3.88. The standard InChI is InChI=1S/C12H12O/c1-4-5-12(13)11-8-9(2)6-7-10(11)3/h1,6-8H,5H2,2-3H3. The van der Waals surface area contributed by atoms with Gasteiger partial charge in [0.15, 0.2) is 5.78 Å². The van der Waals surface area contributed by atoms with E-state index in [2.05, 4.69) is 5.92 Å². The van der Waals surface area contributed by atoms with Crippen molar-refractivity contribution in [2.24, 2.45) is 0 Å². The van der Waals surface area contributed by atoms with Crippen LogP contribution in [0.3, 0.4) is 0 Å². The van der Waals surface area contributed by atoms with E-state index in [1.54, 1.807) is 0 Å². The molecule has 1 nitrogen and oxygen atoms in total. The minimum atomic E-state index is 0.0312. The summed E-state index contributed by atoms with van der Waals surface area (Å²) in [5, 5.41) is 0. The average molecular weight is 172 g/mol. The van der Waals surface area contributed by atoms with Crippen molar-refractivity contribution in [1.82, 2.24) is 0 Å². The van der Waals surface area contributed by atoms with Gasteiger partial charge in [-0.05, 0) is 25.5 Å². The largest absolute Gasteiger partial charge is 0.293 e. The number of terminal acetylenes is 1. The molecule has 0 aromatic heterocycles. The number of hydrogen-bond donors (Lipinski definition) is 0. The second-order valence-electron chi connectivity index (χ2n) is 3.12. The van der Waals surface area contributed by atoms with E-state index in [9.17, 15) is 4.79 Å². The molecule has 0 amide bonds. The van der Waals surface area contributed by atoms with Gasteiger partial charge in [0, 0.05) is 5.56 Å². The van der Waals surface area contributed by atoms with Crippen LogP contribution in [0, 0.1) is 26.2 Å². The number of ketones is 1. The predicted molar refractivity (Wildman–Crippen MR) is 53.7 cm³/mol. The van der Waals surface area contributed by atoms with E-state index in [-0.39, 0.29) is 12.2 Å². The zero-order valence-corrected chi connectivity index (χ0v) is 7.92. The second kappa shape index (κ2) is 3.91. The van der Waals surface area contributed by atoms with Crippen LogP contribution in [0.4, 0.5) is 0 Å². The fourth-order valence-corrected chi connectivity index (χ4v) is 1.22. The van der Waals surface area contributed by atoms with Crippen molar-refractivity contribution < 1.29 is 4.79 Å². The molecule has 0 aliphatic heterocycles. The molecule has 0 aliphatic carbocycles. The van der Waals surface area contributed by atoms with Gasteiger partial charge in [0.2, 0.25) is 0 Å².